The number of nitrogens with zero attached hydrogens (tertiary/aromatic N) is 3. The van der Waals surface area contributed by atoms with Crippen molar-refractivity contribution in [3.8, 4) is 0 Å². The van der Waals surface area contributed by atoms with Crippen molar-refractivity contribution in [3.63, 3.8) is 0 Å². The summed E-state index contributed by atoms with van der Waals surface area (Å²) in [6, 6.07) is 13.9. The van der Waals surface area contributed by atoms with E-state index in [1.807, 2.05) is 42.5 Å². The summed E-state index contributed by atoms with van der Waals surface area (Å²) in [5, 5.41) is 6.26. The quantitative estimate of drug-likeness (QED) is 0.683. The van der Waals surface area contributed by atoms with Crippen molar-refractivity contribution < 1.29 is 4.79 Å². The van der Waals surface area contributed by atoms with Crippen molar-refractivity contribution in [2.75, 3.05) is 0 Å². The van der Waals surface area contributed by atoms with Gasteiger partial charge in [0.25, 0.3) is 0 Å². The summed E-state index contributed by atoms with van der Waals surface area (Å²) in [5.74, 6) is 0.139. The van der Waals surface area contributed by atoms with Crippen molar-refractivity contribution >= 4 is 16.6 Å². The lowest BCUT2D eigenvalue weighted by molar-refractivity contribution is 0.0898. The first kappa shape index (κ1) is 11.3. The minimum absolute atomic E-state index is 0.139. The van der Waals surface area contributed by atoms with Crippen LogP contribution in [0.25, 0.3) is 10.8 Å². The molecular weight excluding hydrogens is 250 g/mol. The fraction of sp³-hybridized carbons (Fsp3) is 0.188. The summed E-state index contributed by atoms with van der Waals surface area (Å²) in [6.07, 6.45) is 4.78. The average Bonchev–Trinajstić information content (AvgIpc) is 3.12. The molecule has 4 nitrogen and oxygen atoms in total. The Labute approximate surface area is 116 Å². The molecule has 4 rings (SSSR count). The van der Waals surface area contributed by atoms with Gasteiger partial charge in [0, 0.05) is 5.56 Å². The number of benzene rings is 2. The van der Waals surface area contributed by atoms with E-state index in [0.717, 1.165) is 29.2 Å². The molecule has 0 atom stereocenters. The van der Waals surface area contributed by atoms with Gasteiger partial charge in [-0.2, -0.15) is 5.10 Å². The summed E-state index contributed by atoms with van der Waals surface area (Å²) in [5.41, 5.74) is 0.261. The molecule has 0 N–H and O–H groups in total. The molecule has 1 aliphatic rings. The number of rotatable bonds is 3. The zero-order valence-electron chi connectivity index (χ0n) is 10.9. The Morgan fingerprint density at radius 1 is 1.10 bits per heavy atom. The second-order valence-electron chi connectivity index (χ2n) is 5.23. The third kappa shape index (κ3) is 1.51. The summed E-state index contributed by atoms with van der Waals surface area (Å²) >= 11 is 0. The number of ketones is 1. The minimum atomic E-state index is -0.513. The SMILES string of the molecule is O=C(c1cccc2ccccc12)C1(n2cncn2)CC1. The number of aromatic nitrogens is 3. The van der Waals surface area contributed by atoms with Crippen LogP contribution in [0.3, 0.4) is 0 Å². The van der Waals surface area contributed by atoms with Crippen LogP contribution in [0.4, 0.5) is 0 Å². The molecule has 0 amide bonds. The van der Waals surface area contributed by atoms with Crippen LogP contribution in [-0.4, -0.2) is 20.5 Å². The summed E-state index contributed by atoms with van der Waals surface area (Å²) < 4.78 is 1.71. The van der Waals surface area contributed by atoms with Gasteiger partial charge >= 0.3 is 0 Å². The predicted molar refractivity (Wildman–Crippen MR) is 75.5 cm³/mol. The highest BCUT2D eigenvalue weighted by Gasteiger charge is 2.53. The van der Waals surface area contributed by atoms with Gasteiger partial charge in [-0.25, -0.2) is 9.67 Å². The van der Waals surface area contributed by atoms with E-state index in [-0.39, 0.29) is 5.78 Å². The van der Waals surface area contributed by atoms with Gasteiger partial charge in [-0.3, -0.25) is 4.79 Å². The van der Waals surface area contributed by atoms with Crippen molar-refractivity contribution in [1.29, 1.82) is 0 Å². The van der Waals surface area contributed by atoms with E-state index in [0.29, 0.717) is 0 Å². The Kier molecular flexibility index (Phi) is 2.27. The number of Topliss-reactive ketones (excluding diaryl/α,β-unsaturated/α-hetero) is 1. The van der Waals surface area contributed by atoms with E-state index >= 15 is 0 Å². The Balaban J connectivity index is 1.86. The summed E-state index contributed by atoms with van der Waals surface area (Å²) in [7, 11) is 0. The smallest absolute Gasteiger partial charge is 0.191 e. The molecule has 0 bridgehead atoms. The van der Waals surface area contributed by atoms with E-state index in [9.17, 15) is 4.79 Å². The predicted octanol–water partition coefficient (Wildman–Crippen LogP) is 2.80. The highest BCUT2D eigenvalue weighted by molar-refractivity contribution is 6.12. The molecule has 98 valence electrons. The van der Waals surface area contributed by atoms with Crippen molar-refractivity contribution in [1.82, 2.24) is 14.8 Å². The van der Waals surface area contributed by atoms with E-state index in [4.69, 9.17) is 0 Å². The number of hydrogen-bond acceptors (Lipinski definition) is 3. The van der Waals surface area contributed by atoms with Crippen molar-refractivity contribution in [3.05, 3.63) is 60.7 Å². The standard InChI is InChI=1S/C16H13N3O/c20-15(16(8-9-16)19-11-17-10-18-19)14-7-3-5-12-4-1-2-6-13(12)14/h1-7,10-11H,8-9H2. The monoisotopic (exact) mass is 263 g/mol. The Bertz CT molecular complexity index is 783. The fourth-order valence-electron chi connectivity index (χ4n) is 2.78. The maximum Gasteiger partial charge on any atom is 0.191 e. The van der Waals surface area contributed by atoms with Crippen LogP contribution in [0.15, 0.2) is 55.1 Å². The van der Waals surface area contributed by atoms with Crippen molar-refractivity contribution in [2.45, 2.75) is 18.4 Å². The van der Waals surface area contributed by atoms with Gasteiger partial charge in [-0.05, 0) is 23.6 Å². The lowest BCUT2D eigenvalue weighted by Crippen LogP contribution is -2.28. The highest BCUT2D eigenvalue weighted by atomic mass is 16.1. The first-order valence-electron chi connectivity index (χ1n) is 6.69. The molecule has 0 spiro atoms. The van der Waals surface area contributed by atoms with Crippen molar-refractivity contribution in [2.24, 2.45) is 0 Å². The van der Waals surface area contributed by atoms with Crippen LogP contribution in [0.1, 0.15) is 23.2 Å². The van der Waals surface area contributed by atoms with Crippen LogP contribution >= 0.6 is 0 Å². The van der Waals surface area contributed by atoms with Crippen LogP contribution in [0, 0.1) is 0 Å². The molecule has 1 aromatic heterocycles. The Morgan fingerprint density at radius 2 is 1.90 bits per heavy atom. The fourth-order valence-corrected chi connectivity index (χ4v) is 2.78. The van der Waals surface area contributed by atoms with Crippen LogP contribution in [0.5, 0.6) is 0 Å². The van der Waals surface area contributed by atoms with Gasteiger partial charge in [0.05, 0.1) is 0 Å². The molecule has 1 heterocycles. The maximum absolute atomic E-state index is 13.0. The largest absolute Gasteiger partial charge is 0.291 e. The highest BCUT2D eigenvalue weighted by Crippen LogP contribution is 2.46. The molecule has 1 saturated carbocycles. The molecule has 3 aromatic rings. The third-order valence-corrected chi connectivity index (χ3v) is 4.04. The molecule has 0 aliphatic heterocycles. The zero-order chi connectivity index (χ0) is 13.6. The Morgan fingerprint density at radius 3 is 2.65 bits per heavy atom. The minimum Gasteiger partial charge on any atom is -0.291 e. The lowest BCUT2D eigenvalue weighted by Gasteiger charge is -2.15. The Hall–Kier alpha value is -2.49. The first-order chi connectivity index (χ1) is 9.81. The van der Waals surface area contributed by atoms with Crippen LogP contribution in [-0.2, 0) is 5.54 Å². The summed E-state index contributed by atoms with van der Waals surface area (Å²) in [4.78, 5) is 16.9. The molecular formula is C16H13N3O. The number of hydrogen-bond donors (Lipinski definition) is 0. The van der Waals surface area contributed by atoms with E-state index < -0.39 is 5.54 Å². The van der Waals surface area contributed by atoms with Gasteiger partial charge in [0.1, 0.15) is 18.2 Å². The molecule has 20 heavy (non-hydrogen) atoms. The van der Waals surface area contributed by atoms with Gasteiger partial charge < -0.3 is 0 Å². The zero-order valence-corrected chi connectivity index (χ0v) is 10.9. The van der Waals surface area contributed by atoms with E-state index in [2.05, 4.69) is 10.1 Å². The first-order valence-corrected chi connectivity index (χ1v) is 6.69. The van der Waals surface area contributed by atoms with Gasteiger partial charge in [0.15, 0.2) is 5.78 Å². The second-order valence-corrected chi connectivity index (χ2v) is 5.23. The molecule has 4 heteroatoms. The molecule has 1 aliphatic carbocycles. The normalized spacial score (nSPS) is 16.2. The summed E-state index contributed by atoms with van der Waals surface area (Å²) in [6.45, 7) is 0. The molecule has 2 aromatic carbocycles. The lowest BCUT2D eigenvalue weighted by atomic mass is 9.96. The van der Waals surface area contributed by atoms with Gasteiger partial charge in [0.2, 0.25) is 0 Å². The van der Waals surface area contributed by atoms with Gasteiger partial charge in [-0.15, -0.1) is 0 Å². The topological polar surface area (TPSA) is 47.8 Å². The molecule has 0 unspecified atom stereocenters. The number of carbonyl (C=O) groups excluding carboxylic acids is 1. The average molecular weight is 263 g/mol. The molecule has 0 radical (unpaired) electrons. The molecule has 1 fully saturated rings. The van der Waals surface area contributed by atoms with E-state index in [1.54, 1.807) is 11.0 Å². The maximum atomic E-state index is 13.0. The number of carbonyl (C=O) groups is 1. The number of fused-ring (bicyclic) bond motifs is 1. The second kappa shape index (κ2) is 4.00. The van der Waals surface area contributed by atoms with E-state index in [1.165, 1.54) is 6.33 Å². The molecule has 0 saturated heterocycles. The van der Waals surface area contributed by atoms with Crippen LogP contribution < -0.4 is 0 Å². The van der Waals surface area contributed by atoms with Gasteiger partial charge in [-0.1, -0.05) is 42.5 Å². The van der Waals surface area contributed by atoms with Crippen LogP contribution in [0.2, 0.25) is 0 Å². The third-order valence-electron chi connectivity index (χ3n) is 4.04.